The molecule has 108 valence electrons. The van der Waals surface area contributed by atoms with Gasteiger partial charge in [-0.1, -0.05) is 19.4 Å². The number of rotatable bonds is 4. The summed E-state index contributed by atoms with van der Waals surface area (Å²) in [6.45, 7) is 4.03. The molecule has 2 N–H and O–H groups in total. The zero-order valence-electron chi connectivity index (χ0n) is 12.1. The van der Waals surface area contributed by atoms with Crippen LogP contribution in [0.3, 0.4) is 0 Å². The Morgan fingerprint density at radius 3 is 3.05 bits per heavy atom. The van der Waals surface area contributed by atoms with E-state index in [0.29, 0.717) is 0 Å². The Balaban J connectivity index is 1.85. The summed E-state index contributed by atoms with van der Waals surface area (Å²) in [5.41, 5.74) is 2.71. The average molecular weight is 299 g/mol. The maximum absolute atomic E-state index is 12.4. The first-order valence-corrected chi connectivity index (χ1v) is 7.84. The van der Waals surface area contributed by atoms with Crippen LogP contribution in [0.4, 0.5) is 5.69 Å². The minimum atomic E-state index is -0.0741. The third-order valence-electron chi connectivity index (χ3n) is 3.31. The van der Waals surface area contributed by atoms with Crippen LogP contribution in [0.2, 0.25) is 0 Å². The molecule has 0 radical (unpaired) electrons. The Labute approximate surface area is 127 Å². The van der Waals surface area contributed by atoms with Gasteiger partial charge < -0.3 is 10.3 Å². The van der Waals surface area contributed by atoms with E-state index in [1.807, 2.05) is 37.4 Å². The fraction of sp³-hybridized carbons (Fsp3) is 0.250. The van der Waals surface area contributed by atoms with Crippen molar-refractivity contribution >= 4 is 33.8 Å². The van der Waals surface area contributed by atoms with Gasteiger partial charge in [0, 0.05) is 17.4 Å². The molecule has 0 unspecified atom stereocenters. The van der Waals surface area contributed by atoms with E-state index in [1.165, 1.54) is 11.3 Å². The Hall–Kier alpha value is -2.14. The fourth-order valence-electron chi connectivity index (χ4n) is 2.37. The predicted molar refractivity (Wildman–Crippen MR) is 87.1 cm³/mol. The lowest BCUT2D eigenvalue weighted by molar-refractivity contribution is 0.102. The van der Waals surface area contributed by atoms with Crippen molar-refractivity contribution in [2.24, 2.45) is 0 Å². The van der Waals surface area contributed by atoms with E-state index >= 15 is 0 Å². The van der Waals surface area contributed by atoms with Crippen molar-refractivity contribution in [3.05, 3.63) is 46.0 Å². The maximum Gasteiger partial charge on any atom is 0.267 e. The summed E-state index contributed by atoms with van der Waals surface area (Å²) >= 11 is 1.46. The van der Waals surface area contributed by atoms with Crippen molar-refractivity contribution in [2.45, 2.75) is 26.7 Å². The zero-order chi connectivity index (χ0) is 14.8. The van der Waals surface area contributed by atoms with Crippen molar-refractivity contribution in [2.75, 3.05) is 5.32 Å². The first kappa shape index (κ1) is 13.8. The maximum atomic E-state index is 12.4. The second-order valence-corrected chi connectivity index (χ2v) is 6.20. The topological polar surface area (TPSA) is 57.8 Å². The molecule has 0 aliphatic rings. The van der Waals surface area contributed by atoms with Crippen LogP contribution >= 0.6 is 11.3 Å². The second kappa shape index (κ2) is 5.69. The van der Waals surface area contributed by atoms with Crippen molar-refractivity contribution < 1.29 is 4.79 Å². The normalized spacial score (nSPS) is 11.0. The van der Waals surface area contributed by atoms with Crippen LogP contribution in [-0.4, -0.2) is 15.9 Å². The lowest BCUT2D eigenvalue weighted by Crippen LogP contribution is -2.12. The van der Waals surface area contributed by atoms with E-state index in [4.69, 9.17) is 0 Å². The van der Waals surface area contributed by atoms with Crippen molar-refractivity contribution in [1.82, 2.24) is 9.97 Å². The minimum absolute atomic E-state index is 0.0741. The van der Waals surface area contributed by atoms with Crippen molar-refractivity contribution in [3.8, 4) is 0 Å². The first-order chi connectivity index (χ1) is 10.2. The zero-order valence-corrected chi connectivity index (χ0v) is 12.9. The smallest absolute Gasteiger partial charge is 0.267 e. The van der Waals surface area contributed by atoms with Gasteiger partial charge in [-0.2, -0.15) is 0 Å². The molecule has 1 amide bonds. The van der Waals surface area contributed by atoms with Gasteiger partial charge in [-0.3, -0.25) is 4.79 Å². The van der Waals surface area contributed by atoms with E-state index in [-0.39, 0.29) is 5.91 Å². The van der Waals surface area contributed by atoms with Crippen LogP contribution in [0.15, 0.2) is 30.5 Å². The molecule has 0 atom stereocenters. The number of aromatic amines is 1. The van der Waals surface area contributed by atoms with Crippen LogP contribution in [0.5, 0.6) is 0 Å². The number of H-pyrrole nitrogens is 1. The SMILES string of the molecule is CCCc1nc(C)sc1C(=O)Nc1ccc2cc[nH]c2c1. The molecule has 0 spiro atoms. The first-order valence-electron chi connectivity index (χ1n) is 7.02. The Morgan fingerprint density at radius 2 is 2.24 bits per heavy atom. The second-order valence-electron chi connectivity index (χ2n) is 4.99. The van der Waals surface area contributed by atoms with Gasteiger partial charge in [-0.05, 0) is 36.9 Å². The molecule has 3 aromatic rings. The number of carbonyl (C=O) groups is 1. The molecular formula is C16H17N3OS. The number of hydrogen-bond donors (Lipinski definition) is 2. The van der Waals surface area contributed by atoms with E-state index in [9.17, 15) is 4.79 Å². The summed E-state index contributed by atoms with van der Waals surface area (Å²) < 4.78 is 0. The number of hydrogen-bond acceptors (Lipinski definition) is 3. The van der Waals surface area contributed by atoms with Crippen LogP contribution in [0.1, 0.15) is 33.7 Å². The number of carbonyl (C=O) groups excluding carboxylic acids is 1. The highest BCUT2D eigenvalue weighted by molar-refractivity contribution is 7.13. The Bertz CT molecular complexity index is 788. The third-order valence-corrected chi connectivity index (χ3v) is 4.32. The van der Waals surface area contributed by atoms with Gasteiger partial charge in [-0.25, -0.2) is 4.98 Å². The standard InChI is InChI=1S/C16H17N3OS/c1-3-4-13-15(21-10(2)18-13)16(20)19-12-6-5-11-7-8-17-14(11)9-12/h5-9,17H,3-4H2,1-2H3,(H,19,20). The molecule has 0 saturated carbocycles. The van der Waals surface area contributed by atoms with Gasteiger partial charge in [0.05, 0.1) is 10.7 Å². The monoisotopic (exact) mass is 299 g/mol. The number of nitrogens with one attached hydrogen (secondary N) is 2. The summed E-state index contributed by atoms with van der Waals surface area (Å²) in [6, 6.07) is 7.86. The minimum Gasteiger partial charge on any atom is -0.361 e. The highest BCUT2D eigenvalue weighted by Crippen LogP contribution is 2.22. The van der Waals surface area contributed by atoms with Gasteiger partial charge in [0.15, 0.2) is 0 Å². The Morgan fingerprint density at radius 1 is 1.38 bits per heavy atom. The molecule has 21 heavy (non-hydrogen) atoms. The molecule has 1 aromatic carbocycles. The van der Waals surface area contributed by atoms with Crippen molar-refractivity contribution in [3.63, 3.8) is 0 Å². The van der Waals surface area contributed by atoms with Crippen LogP contribution in [0, 0.1) is 6.92 Å². The number of nitrogens with zero attached hydrogens (tertiary/aromatic N) is 1. The Kier molecular flexibility index (Phi) is 3.75. The van der Waals surface area contributed by atoms with Crippen LogP contribution in [-0.2, 0) is 6.42 Å². The number of aryl methyl sites for hydroxylation is 2. The number of aromatic nitrogens is 2. The van der Waals surface area contributed by atoms with Gasteiger partial charge in [0.2, 0.25) is 0 Å². The number of anilines is 1. The summed E-state index contributed by atoms with van der Waals surface area (Å²) in [5, 5.41) is 5.03. The molecule has 2 aromatic heterocycles. The highest BCUT2D eigenvalue weighted by Gasteiger charge is 2.16. The third kappa shape index (κ3) is 2.83. The number of amides is 1. The number of fused-ring (bicyclic) bond motifs is 1. The van der Waals surface area contributed by atoms with Crippen molar-refractivity contribution in [1.29, 1.82) is 0 Å². The lowest BCUT2D eigenvalue weighted by Gasteiger charge is -2.05. The average Bonchev–Trinajstić information content (AvgIpc) is 3.05. The molecule has 3 rings (SSSR count). The van der Waals surface area contributed by atoms with Gasteiger partial charge in [0.1, 0.15) is 4.88 Å². The molecule has 4 nitrogen and oxygen atoms in total. The summed E-state index contributed by atoms with van der Waals surface area (Å²) in [6.07, 6.45) is 3.71. The number of thiazole rings is 1. The van der Waals surface area contributed by atoms with Crippen LogP contribution in [0.25, 0.3) is 10.9 Å². The molecule has 0 aliphatic carbocycles. The molecule has 5 heteroatoms. The quantitative estimate of drug-likeness (QED) is 0.760. The molecule has 0 saturated heterocycles. The number of benzene rings is 1. The molecule has 2 heterocycles. The van der Waals surface area contributed by atoms with E-state index in [1.54, 1.807) is 0 Å². The largest absolute Gasteiger partial charge is 0.361 e. The van der Waals surface area contributed by atoms with E-state index < -0.39 is 0 Å². The van der Waals surface area contributed by atoms with Gasteiger partial charge >= 0.3 is 0 Å². The summed E-state index contributed by atoms with van der Waals surface area (Å²) in [7, 11) is 0. The summed E-state index contributed by atoms with van der Waals surface area (Å²) in [4.78, 5) is 20.8. The highest BCUT2D eigenvalue weighted by atomic mass is 32.1. The molecule has 0 bridgehead atoms. The molecule has 0 aliphatic heterocycles. The van der Waals surface area contributed by atoms with Gasteiger partial charge in [0.25, 0.3) is 5.91 Å². The van der Waals surface area contributed by atoms with Crippen LogP contribution < -0.4 is 5.32 Å². The van der Waals surface area contributed by atoms with E-state index in [0.717, 1.165) is 45.0 Å². The predicted octanol–water partition coefficient (Wildman–Crippen LogP) is 4.14. The summed E-state index contributed by atoms with van der Waals surface area (Å²) in [5.74, 6) is -0.0741. The van der Waals surface area contributed by atoms with Gasteiger partial charge in [-0.15, -0.1) is 11.3 Å². The lowest BCUT2D eigenvalue weighted by atomic mass is 10.2. The van der Waals surface area contributed by atoms with E-state index in [2.05, 4.69) is 22.2 Å². The fourth-order valence-corrected chi connectivity index (χ4v) is 3.23. The molecule has 0 fully saturated rings. The molecular weight excluding hydrogens is 282 g/mol.